The van der Waals surface area contributed by atoms with Gasteiger partial charge in [0, 0.05) is 41.8 Å². The molecule has 0 bridgehead atoms. The molecule has 30 heavy (non-hydrogen) atoms. The van der Waals surface area contributed by atoms with E-state index in [2.05, 4.69) is 20.0 Å². The summed E-state index contributed by atoms with van der Waals surface area (Å²) in [6.07, 6.45) is 4.11. The Morgan fingerprint density at radius 2 is 1.63 bits per heavy atom. The largest absolute Gasteiger partial charge is 0.372 e. The van der Waals surface area contributed by atoms with Crippen molar-refractivity contribution < 1.29 is 18.0 Å². The maximum atomic E-state index is 12.5. The van der Waals surface area contributed by atoms with Crippen molar-refractivity contribution >= 4 is 33.2 Å². The zero-order valence-electron chi connectivity index (χ0n) is 16.1. The van der Waals surface area contributed by atoms with Crippen molar-refractivity contribution in [3.63, 3.8) is 0 Å². The number of carbonyl (C=O) groups is 2. The topological polar surface area (TPSA) is 121 Å². The highest BCUT2D eigenvalue weighted by Gasteiger charge is 2.30. The van der Waals surface area contributed by atoms with Gasteiger partial charge in [0.25, 0.3) is 10.0 Å². The molecule has 154 valence electrons. The maximum Gasteiger partial charge on any atom is 0.264 e. The average Bonchev–Trinajstić information content (AvgIpc) is 3.15. The summed E-state index contributed by atoms with van der Waals surface area (Å²) in [7, 11) is -3.81. The quantitative estimate of drug-likeness (QED) is 0.664. The van der Waals surface area contributed by atoms with Crippen LogP contribution in [0.3, 0.4) is 0 Å². The second-order valence-corrected chi connectivity index (χ2v) is 8.67. The lowest BCUT2D eigenvalue weighted by molar-refractivity contribution is -0.115. The van der Waals surface area contributed by atoms with E-state index in [-0.39, 0.29) is 22.4 Å². The first kappa shape index (κ1) is 19.9. The van der Waals surface area contributed by atoms with Gasteiger partial charge in [0.1, 0.15) is 0 Å². The number of sulfonamides is 1. The van der Waals surface area contributed by atoms with Crippen LogP contribution in [0, 0.1) is 6.92 Å². The van der Waals surface area contributed by atoms with Gasteiger partial charge in [-0.2, -0.15) is 0 Å². The van der Waals surface area contributed by atoms with Gasteiger partial charge in [0.05, 0.1) is 11.6 Å². The van der Waals surface area contributed by atoms with Crippen molar-refractivity contribution in [2.75, 3.05) is 29.8 Å². The summed E-state index contributed by atoms with van der Waals surface area (Å²) in [5, 5.41) is 3.18. The molecule has 9 nitrogen and oxygen atoms in total. The van der Waals surface area contributed by atoms with E-state index in [4.69, 9.17) is 0 Å². The van der Waals surface area contributed by atoms with Crippen LogP contribution in [0.25, 0.3) is 0 Å². The minimum atomic E-state index is -3.81. The number of anilines is 2. The standard InChI is InChI=1S/C20H19N5O4S/c1-13-8-9-21-20(23-13)24-30(28,29)15-4-2-14(3-5-15)22-12-25-10-16-17(11-25)19(27)7-6-18(16)26/h2-9,22H,10-12H2,1H3,(H,21,23,24). The van der Waals surface area contributed by atoms with Gasteiger partial charge in [0.15, 0.2) is 11.6 Å². The van der Waals surface area contributed by atoms with Crippen LogP contribution in [0.4, 0.5) is 11.6 Å². The molecular formula is C20H19N5O4S. The average molecular weight is 425 g/mol. The Morgan fingerprint density at radius 3 is 2.23 bits per heavy atom. The third-order valence-electron chi connectivity index (χ3n) is 4.80. The SMILES string of the molecule is Cc1ccnc(NS(=O)(=O)c2ccc(NCN3CC4=C(C3)C(=O)C=CC4=O)cc2)n1. The number of ketones is 2. The third-order valence-corrected chi connectivity index (χ3v) is 6.14. The fourth-order valence-electron chi connectivity index (χ4n) is 3.24. The maximum absolute atomic E-state index is 12.5. The number of carbonyl (C=O) groups excluding carboxylic acids is 2. The molecule has 2 N–H and O–H groups in total. The van der Waals surface area contributed by atoms with Crippen molar-refractivity contribution in [1.29, 1.82) is 0 Å². The minimum absolute atomic E-state index is 0.0151. The van der Waals surface area contributed by atoms with E-state index in [1.54, 1.807) is 25.1 Å². The second-order valence-electron chi connectivity index (χ2n) is 6.99. The van der Waals surface area contributed by atoms with Crippen LogP contribution in [-0.4, -0.2) is 54.6 Å². The molecule has 1 aromatic carbocycles. The number of hydrogen-bond acceptors (Lipinski definition) is 8. The summed E-state index contributed by atoms with van der Waals surface area (Å²) < 4.78 is 27.4. The number of benzene rings is 1. The van der Waals surface area contributed by atoms with Gasteiger partial charge in [-0.15, -0.1) is 0 Å². The summed E-state index contributed by atoms with van der Waals surface area (Å²) >= 11 is 0. The Hall–Kier alpha value is -3.37. The first-order valence-electron chi connectivity index (χ1n) is 9.19. The van der Waals surface area contributed by atoms with E-state index in [0.29, 0.717) is 42.3 Å². The summed E-state index contributed by atoms with van der Waals surface area (Å²) in [6, 6.07) is 7.92. The number of allylic oxidation sites excluding steroid dienone is 2. The van der Waals surface area contributed by atoms with Gasteiger partial charge in [-0.1, -0.05) is 0 Å². The summed E-state index contributed by atoms with van der Waals surface area (Å²) in [5.74, 6) is -0.222. The lowest BCUT2D eigenvalue weighted by Crippen LogP contribution is -2.28. The van der Waals surface area contributed by atoms with Crippen LogP contribution in [0.5, 0.6) is 0 Å². The number of aryl methyl sites for hydroxylation is 1. The Bertz CT molecular complexity index is 1160. The smallest absolute Gasteiger partial charge is 0.264 e. The van der Waals surface area contributed by atoms with Crippen LogP contribution < -0.4 is 10.0 Å². The summed E-state index contributed by atoms with van der Waals surface area (Å²) in [5.41, 5.74) is 2.46. The van der Waals surface area contributed by atoms with Crippen LogP contribution in [0.2, 0.25) is 0 Å². The molecule has 1 aromatic heterocycles. The zero-order chi connectivity index (χ0) is 21.3. The van der Waals surface area contributed by atoms with E-state index in [0.717, 1.165) is 0 Å². The number of nitrogens with one attached hydrogen (secondary N) is 2. The first-order chi connectivity index (χ1) is 14.3. The molecule has 2 aromatic rings. The highest BCUT2D eigenvalue weighted by molar-refractivity contribution is 7.92. The number of rotatable bonds is 6. The molecule has 10 heteroatoms. The van der Waals surface area contributed by atoms with E-state index < -0.39 is 10.0 Å². The van der Waals surface area contributed by atoms with Gasteiger partial charge in [-0.25, -0.2) is 23.1 Å². The highest BCUT2D eigenvalue weighted by atomic mass is 32.2. The minimum Gasteiger partial charge on any atom is -0.372 e. The molecule has 0 unspecified atom stereocenters. The van der Waals surface area contributed by atoms with E-state index >= 15 is 0 Å². The van der Waals surface area contributed by atoms with Gasteiger partial charge >= 0.3 is 0 Å². The van der Waals surface area contributed by atoms with Crippen LogP contribution in [0.1, 0.15) is 5.69 Å². The predicted octanol–water partition coefficient (Wildman–Crippen LogP) is 1.28. The molecule has 1 aliphatic heterocycles. The molecule has 0 radical (unpaired) electrons. The Kier molecular flexibility index (Phi) is 5.18. The van der Waals surface area contributed by atoms with E-state index in [1.807, 2.05) is 4.90 Å². The molecule has 4 rings (SSSR count). The second kappa shape index (κ2) is 7.81. The van der Waals surface area contributed by atoms with Crippen molar-refractivity contribution in [2.24, 2.45) is 0 Å². The molecule has 2 heterocycles. The molecule has 0 amide bonds. The van der Waals surface area contributed by atoms with Crippen LogP contribution in [-0.2, 0) is 19.6 Å². The van der Waals surface area contributed by atoms with Gasteiger partial charge < -0.3 is 5.32 Å². The first-order valence-corrected chi connectivity index (χ1v) is 10.7. The third kappa shape index (κ3) is 4.14. The lowest BCUT2D eigenvalue weighted by Gasteiger charge is -2.17. The van der Waals surface area contributed by atoms with E-state index in [1.165, 1.54) is 30.5 Å². The Balaban J connectivity index is 1.36. The Morgan fingerprint density at radius 1 is 1.00 bits per heavy atom. The zero-order valence-corrected chi connectivity index (χ0v) is 16.9. The molecule has 0 fully saturated rings. The molecule has 2 aliphatic rings. The molecule has 0 spiro atoms. The predicted molar refractivity (Wildman–Crippen MR) is 110 cm³/mol. The lowest BCUT2D eigenvalue weighted by atomic mass is 9.98. The van der Waals surface area contributed by atoms with Crippen LogP contribution in [0.15, 0.2) is 64.7 Å². The monoisotopic (exact) mass is 425 g/mol. The highest BCUT2D eigenvalue weighted by Crippen LogP contribution is 2.23. The molecule has 0 saturated carbocycles. The number of nitrogens with zero attached hydrogens (tertiary/aromatic N) is 3. The summed E-state index contributed by atoms with van der Waals surface area (Å²) in [6.45, 7) is 2.97. The fraction of sp³-hybridized carbons (Fsp3) is 0.200. The van der Waals surface area contributed by atoms with E-state index in [9.17, 15) is 18.0 Å². The van der Waals surface area contributed by atoms with Gasteiger partial charge in [0.2, 0.25) is 5.95 Å². The molecular weight excluding hydrogens is 406 g/mol. The summed E-state index contributed by atoms with van der Waals surface area (Å²) in [4.78, 5) is 33.8. The molecule has 0 atom stereocenters. The van der Waals surface area contributed by atoms with Crippen molar-refractivity contribution in [3.8, 4) is 0 Å². The molecule has 1 aliphatic carbocycles. The number of aromatic nitrogens is 2. The normalized spacial score (nSPS) is 16.7. The number of hydrogen-bond donors (Lipinski definition) is 2. The Labute approximate surface area is 173 Å². The van der Waals surface area contributed by atoms with Crippen molar-refractivity contribution in [3.05, 3.63) is 65.5 Å². The van der Waals surface area contributed by atoms with Crippen molar-refractivity contribution in [1.82, 2.24) is 14.9 Å². The van der Waals surface area contributed by atoms with Gasteiger partial charge in [-0.3, -0.25) is 14.5 Å². The molecule has 0 saturated heterocycles. The van der Waals surface area contributed by atoms with Crippen molar-refractivity contribution in [2.45, 2.75) is 11.8 Å². The van der Waals surface area contributed by atoms with Crippen LogP contribution >= 0.6 is 0 Å². The fourth-order valence-corrected chi connectivity index (χ4v) is 4.19. The van der Waals surface area contributed by atoms with Gasteiger partial charge in [-0.05, 0) is 49.4 Å².